The van der Waals surface area contributed by atoms with Crippen molar-refractivity contribution in [2.75, 3.05) is 0 Å². The topological polar surface area (TPSA) is 69.3 Å². The predicted octanol–water partition coefficient (Wildman–Crippen LogP) is 3.14. The van der Waals surface area contributed by atoms with Gasteiger partial charge < -0.3 is 14.5 Å². The number of ether oxygens (including phenoxy) is 1. The molecule has 0 unspecified atom stereocenters. The van der Waals surface area contributed by atoms with Crippen molar-refractivity contribution >= 4 is 5.91 Å². The fourth-order valence-electron chi connectivity index (χ4n) is 2.53. The number of nitrogens with one attached hydrogen (secondary N) is 1. The second-order valence-electron chi connectivity index (χ2n) is 5.90. The second-order valence-corrected chi connectivity index (χ2v) is 5.90. The van der Waals surface area contributed by atoms with Crippen molar-refractivity contribution in [1.29, 1.82) is 0 Å². The number of hydrogen-bond acceptors (Lipinski definition) is 4. The van der Waals surface area contributed by atoms with E-state index in [1.165, 1.54) is 0 Å². The summed E-state index contributed by atoms with van der Waals surface area (Å²) < 4.78 is 13.0. The standard InChI is InChI=1S/C19H21N3O3/c1-13-6-4-5-7-17(13)24-12-16-8-9-18(25-16)19(23)20-11-15-10-14(2)21-22(15)3/h4-10H,11-12H2,1-3H3,(H,20,23). The third kappa shape index (κ3) is 4.09. The Bertz CT molecular complexity index is 880. The molecule has 2 heterocycles. The average molecular weight is 339 g/mol. The molecule has 0 saturated heterocycles. The van der Waals surface area contributed by atoms with E-state index in [4.69, 9.17) is 9.15 Å². The molecule has 0 bridgehead atoms. The molecule has 0 radical (unpaired) electrons. The molecular formula is C19H21N3O3. The van der Waals surface area contributed by atoms with Crippen LogP contribution in [0.2, 0.25) is 0 Å². The Kier molecular flexibility index (Phi) is 4.88. The van der Waals surface area contributed by atoms with Crippen LogP contribution in [0.15, 0.2) is 46.9 Å². The van der Waals surface area contributed by atoms with Crippen LogP contribution in [-0.4, -0.2) is 15.7 Å². The first-order chi connectivity index (χ1) is 12.0. The fraction of sp³-hybridized carbons (Fsp3) is 0.263. The molecule has 6 heteroatoms. The number of para-hydroxylation sites is 1. The summed E-state index contributed by atoms with van der Waals surface area (Å²) >= 11 is 0. The van der Waals surface area contributed by atoms with E-state index in [1.54, 1.807) is 16.8 Å². The van der Waals surface area contributed by atoms with Crippen LogP contribution in [0.25, 0.3) is 0 Å². The summed E-state index contributed by atoms with van der Waals surface area (Å²) in [7, 11) is 1.85. The summed E-state index contributed by atoms with van der Waals surface area (Å²) in [6.07, 6.45) is 0. The minimum absolute atomic E-state index is 0.263. The lowest BCUT2D eigenvalue weighted by Crippen LogP contribution is -2.23. The van der Waals surface area contributed by atoms with Gasteiger partial charge >= 0.3 is 0 Å². The van der Waals surface area contributed by atoms with Gasteiger partial charge in [-0.15, -0.1) is 0 Å². The number of nitrogens with zero attached hydrogens (tertiary/aromatic N) is 2. The van der Waals surface area contributed by atoms with Gasteiger partial charge in [-0.25, -0.2) is 0 Å². The number of carbonyl (C=O) groups is 1. The van der Waals surface area contributed by atoms with Crippen LogP contribution in [0, 0.1) is 13.8 Å². The number of rotatable bonds is 6. The summed E-state index contributed by atoms with van der Waals surface area (Å²) in [5, 5.41) is 7.08. The largest absolute Gasteiger partial charge is 0.485 e. The Balaban J connectivity index is 1.56. The second kappa shape index (κ2) is 7.25. The summed E-state index contributed by atoms with van der Waals surface area (Å²) in [4.78, 5) is 12.2. The van der Waals surface area contributed by atoms with E-state index < -0.39 is 0 Å². The first kappa shape index (κ1) is 16.8. The maximum atomic E-state index is 12.2. The molecule has 0 atom stereocenters. The highest BCUT2D eigenvalue weighted by Gasteiger charge is 2.12. The molecule has 0 aliphatic carbocycles. The minimum Gasteiger partial charge on any atom is -0.485 e. The molecule has 0 aliphatic heterocycles. The Hall–Kier alpha value is -3.02. The SMILES string of the molecule is Cc1cc(CNC(=O)c2ccc(COc3ccccc3C)o2)n(C)n1. The van der Waals surface area contributed by atoms with Crippen LogP contribution >= 0.6 is 0 Å². The molecule has 3 aromatic rings. The van der Waals surface area contributed by atoms with Gasteiger partial charge in [0.25, 0.3) is 5.91 Å². The van der Waals surface area contributed by atoms with Gasteiger partial charge in [0.05, 0.1) is 17.9 Å². The lowest BCUT2D eigenvalue weighted by atomic mass is 10.2. The van der Waals surface area contributed by atoms with Gasteiger partial charge in [-0.2, -0.15) is 5.10 Å². The summed E-state index contributed by atoms with van der Waals surface area (Å²) in [6.45, 7) is 4.57. The van der Waals surface area contributed by atoms with E-state index in [1.807, 2.05) is 51.2 Å². The predicted molar refractivity (Wildman–Crippen MR) is 93.3 cm³/mol. The van der Waals surface area contributed by atoms with Crippen molar-refractivity contribution < 1.29 is 13.9 Å². The molecule has 3 rings (SSSR count). The van der Waals surface area contributed by atoms with E-state index in [-0.39, 0.29) is 18.3 Å². The number of aromatic nitrogens is 2. The molecule has 130 valence electrons. The zero-order valence-electron chi connectivity index (χ0n) is 14.6. The van der Waals surface area contributed by atoms with Crippen molar-refractivity contribution in [3.05, 3.63) is 70.9 Å². The third-order valence-corrected chi connectivity index (χ3v) is 3.88. The highest BCUT2D eigenvalue weighted by atomic mass is 16.5. The van der Waals surface area contributed by atoms with Crippen molar-refractivity contribution in [3.63, 3.8) is 0 Å². The van der Waals surface area contributed by atoms with E-state index in [9.17, 15) is 4.79 Å². The molecular weight excluding hydrogens is 318 g/mol. The highest BCUT2D eigenvalue weighted by Crippen LogP contribution is 2.18. The Morgan fingerprint density at radius 1 is 1.24 bits per heavy atom. The molecule has 0 aliphatic rings. The van der Waals surface area contributed by atoms with Gasteiger partial charge in [0.1, 0.15) is 18.1 Å². The monoisotopic (exact) mass is 339 g/mol. The van der Waals surface area contributed by atoms with Crippen LogP contribution in [0.3, 0.4) is 0 Å². The number of hydrogen-bond donors (Lipinski definition) is 1. The number of furan rings is 1. The molecule has 0 fully saturated rings. The zero-order valence-corrected chi connectivity index (χ0v) is 14.6. The van der Waals surface area contributed by atoms with E-state index >= 15 is 0 Å². The van der Waals surface area contributed by atoms with Gasteiger partial charge in [-0.1, -0.05) is 18.2 Å². The average Bonchev–Trinajstić information content (AvgIpc) is 3.18. The smallest absolute Gasteiger partial charge is 0.287 e. The Morgan fingerprint density at radius 2 is 2.04 bits per heavy atom. The van der Waals surface area contributed by atoms with Crippen molar-refractivity contribution in [3.8, 4) is 5.75 Å². The number of amides is 1. The summed E-state index contributed by atoms with van der Waals surface area (Å²) in [5.41, 5.74) is 2.90. The number of carbonyl (C=O) groups excluding carboxylic acids is 1. The van der Waals surface area contributed by atoms with Crippen LogP contribution in [0.5, 0.6) is 5.75 Å². The third-order valence-electron chi connectivity index (χ3n) is 3.88. The van der Waals surface area contributed by atoms with Gasteiger partial charge in [0.2, 0.25) is 0 Å². The van der Waals surface area contributed by atoms with E-state index in [2.05, 4.69) is 10.4 Å². The molecule has 1 amide bonds. The molecule has 25 heavy (non-hydrogen) atoms. The lowest BCUT2D eigenvalue weighted by Gasteiger charge is -2.07. The van der Waals surface area contributed by atoms with Gasteiger partial charge in [0, 0.05) is 7.05 Å². The molecule has 2 aromatic heterocycles. The van der Waals surface area contributed by atoms with Crippen LogP contribution in [-0.2, 0) is 20.2 Å². The number of benzene rings is 1. The van der Waals surface area contributed by atoms with Crippen LogP contribution in [0.1, 0.15) is 33.3 Å². The molecule has 0 spiro atoms. The van der Waals surface area contributed by atoms with Crippen LogP contribution in [0.4, 0.5) is 0 Å². The molecule has 6 nitrogen and oxygen atoms in total. The van der Waals surface area contributed by atoms with E-state index in [0.717, 1.165) is 22.7 Å². The van der Waals surface area contributed by atoms with Crippen molar-refractivity contribution in [2.24, 2.45) is 7.05 Å². The minimum atomic E-state index is -0.263. The molecule has 1 aromatic carbocycles. The van der Waals surface area contributed by atoms with Gasteiger partial charge in [0.15, 0.2) is 5.76 Å². The van der Waals surface area contributed by atoms with Gasteiger partial charge in [-0.05, 0) is 43.7 Å². The van der Waals surface area contributed by atoms with Crippen LogP contribution < -0.4 is 10.1 Å². The molecule has 1 N–H and O–H groups in total. The van der Waals surface area contributed by atoms with Gasteiger partial charge in [-0.3, -0.25) is 9.48 Å². The van der Waals surface area contributed by atoms with Crippen molar-refractivity contribution in [1.82, 2.24) is 15.1 Å². The van der Waals surface area contributed by atoms with E-state index in [0.29, 0.717) is 12.3 Å². The zero-order chi connectivity index (χ0) is 17.8. The summed E-state index contributed by atoms with van der Waals surface area (Å²) in [6, 6.07) is 13.1. The highest BCUT2D eigenvalue weighted by molar-refractivity contribution is 5.91. The first-order valence-electron chi connectivity index (χ1n) is 8.08. The first-order valence-corrected chi connectivity index (χ1v) is 8.08. The molecule has 0 saturated carbocycles. The maximum Gasteiger partial charge on any atom is 0.287 e. The summed E-state index contributed by atoms with van der Waals surface area (Å²) in [5.74, 6) is 1.41. The van der Waals surface area contributed by atoms with Crippen molar-refractivity contribution in [2.45, 2.75) is 27.0 Å². The normalized spacial score (nSPS) is 10.7. The number of aryl methyl sites for hydroxylation is 3. The fourth-order valence-corrected chi connectivity index (χ4v) is 2.53. The Morgan fingerprint density at radius 3 is 2.76 bits per heavy atom. The Labute approximate surface area is 146 Å². The maximum absolute atomic E-state index is 12.2. The quantitative estimate of drug-likeness (QED) is 0.749. The lowest BCUT2D eigenvalue weighted by molar-refractivity contribution is 0.0918.